The number of methoxy groups -OCH3 is 3. The van der Waals surface area contributed by atoms with E-state index in [9.17, 15) is 0 Å². The molecular formula is C28H35BO6. The average molecular weight is 478 g/mol. The minimum atomic E-state index is -1.76. The zero-order valence-corrected chi connectivity index (χ0v) is 20.8. The summed E-state index contributed by atoms with van der Waals surface area (Å²) in [5.74, 6) is 2.49. The largest absolute Gasteiger partial charge is 0.633 e. The number of hydrogen-bond acceptors (Lipinski definition) is 6. The fourth-order valence-electron chi connectivity index (χ4n) is 4.62. The van der Waals surface area contributed by atoms with Crippen molar-refractivity contribution in [3.05, 3.63) is 89.5 Å². The summed E-state index contributed by atoms with van der Waals surface area (Å²) in [5.41, 5.74) is 3.52. The summed E-state index contributed by atoms with van der Waals surface area (Å²) >= 11 is 0. The van der Waals surface area contributed by atoms with Crippen molar-refractivity contribution in [2.24, 2.45) is 5.41 Å². The van der Waals surface area contributed by atoms with E-state index < -0.39 is 7.32 Å². The van der Waals surface area contributed by atoms with Crippen LogP contribution >= 0.6 is 0 Å². The van der Waals surface area contributed by atoms with Gasteiger partial charge in [-0.2, -0.15) is 0 Å². The number of ether oxygens (including phenoxy) is 3. The zero-order chi connectivity index (χ0) is 25.1. The SMILES string of the molecule is COc1ccc(CC(CCCOB(O)O)(Cc2ccc(OC)cc2)Cc2ccc(OC)cc2)cc1. The Labute approximate surface area is 208 Å². The van der Waals surface area contributed by atoms with Crippen LogP contribution in [0, 0.1) is 5.41 Å². The van der Waals surface area contributed by atoms with Crippen molar-refractivity contribution in [2.75, 3.05) is 27.9 Å². The molecule has 0 aliphatic carbocycles. The van der Waals surface area contributed by atoms with Crippen molar-refractivity contribution in [1.82, 2.24) is 0 Å². The molecule has 6 nitrogen and oxygen atoms in total. The van der Waals surface area contributed by atoms with E-state index in [1.807, 2.05) is 36.4 Å². The highest BCUT2D eigenvalue weighted by Crippen LogP contribution is 2.38. The maximum absolute atomic E-state index is 9.13. The molecule has 0 saturated carbocycles. The van der Waals surface area contributed by atoms with Crippen LogP contribution in [0.15, 0.2) is 72.8 Å². The maximum Gasteiger partial charge on any atom is 0.633 e. The molecule has 7 heteroatoms. The van der Waals surface area contributed by atoms with Gasteiger partial charge in [-0.3, -0.25) is 0 Å². The van der Waals surface area contributed by atoms with Gasteiger partial charge < -0.3 is 28.9 Å². The predicted octanol–water partition coefficient (Wildman–Crippen LogP) is 4.49. The highest BCUT2D eigenvalue weighted by atomic mass is 16.6. The van der Waals surface area contributed by atoms with Gasteiger partial charge >= 0.3 is 7.32 Å². The standard InChI is InChI=1S/C28H35BO6/c1-32-25-11-5-22(6-12-25)19-28(17-4-18-35-29(30)31,20-23-7-13-26(33-2)14-8-23)21-24-9-15-27(34-3)16-10-24/h5-16,30-31H,4,17-21H2,1-3H3. The van der Waals surface area contributed by atoms with E-state index in [1.165, 1.54) is 16.7 Å². The van der Waals surface area contributed by atoms with Gasteiger partial charge in [0.2, 0.25) is 0 Å². The molecule has 3 aromatic rings. The summed E-state index contributed by atoms with van der Waals surface area (Å²) in [6.07, 6.45) is 4.06. The number of hydrogen-bond donors (Lipinski definition) is 2. The third kappa shape index (κ3) is 8.32. The highest BCUT2D eigenvalue weighted by molar-refractivity contribution is 6.32. The lowest BCUT2D eigenvalue weighted by molar-refractivity contribution is 0.161. The molecule has 0 aliphatic rings. The van der Waals surface area contributed by atoms with Crippen LogP contribution in [-0.4, -0.2) is 45.3 Å². The molecular weight excluding hydrogens is 443 g/mol. The second-order valence-electron chi connectivity index (χ2n) is 8.88. The molecule has 186 valence electrons. The van der Waals surface area contributed by atoms with Crippen molar-refractivity contribution < 1.29 is 28.9 Å². The Morgan fingerprint density at radius 2 is 0.943 bits per heavy atom. The first kappa shape index (κ1) is 26.6. The predicted molar refractivity (Wildman–Crippen MR) is 138 cm³/mol. The fourth-order valence-corrected chi connectivity index (χ4v) is 4.62. The van der Waals surface area contributed by atoms with E-state index in [-0.39, 0.29) is 12.0 Å². The van der Waals surface area contributed by atoms with Gasteiger partial charge in [0.05, 0.1) is 21.3 Å². The second kappa shape index (κ2) is 13.2. The van der Waals surface area contributed by atoms with Crippen molar-refractivity contribution in [2.45, 2.75) is 32.1 Å². The van der Waals surface area contributed by atoms with Gasteiger partial charge in [-0.15, -0.1) is 0 Å². The van der Waals surface area contributed by atoms with E-state index in [0.717, 1.165) is 42.9 Å². The molecule has 3 aromatic carbocycles. The second-order valence-corrected chi connectivity index (χ2v) is 8.88. The summed E-state index contributed by atoms with van der Waals surface area (Å²) < 4.78 is 21.1. The smallest absolute Gasteiger partial charge is 0.497 e. The molecule has 0 aromatic heterocycles. The lowest BCUT2D eigenvalue weighted by Crippen LogP contribution is -2.30. The van der Waals surface area contributed by atoms with E-state index in [2.05, 4.69) is 36.4 Å². The molecule has 0 heterocycles. The topological polar surface area (TPSA) is 77.4 Å². The first-order valence-corrected chi connectivity index (χ1v) is 11.8. The molecule has 0 saturated heterocycles. The lowest BCUT2D eigenvalue weighted by atomic mass is 9.69. The van der Waals surface area contributed by atoms with Crippen LogP contribution in [-0.2, 0) is 23.9 Å². The minimum absolute atomic E-state index is 0.137. The van der Waals surface area contributed by atoms with Gasteiger partial charge in [0.1, 0.15) is 17.2 Å². The molecule has 0 amide bonds. The molecule has 0 bridgehead atoms. The van der Waals surface area contributed by atoms with Crippen LogP contribution in [0.5, 0.6) is 17.2 Å². The summed E-state index contributed by atoms with van der Waals surface area (Å²) in [5, 5.41) is 18.3. The third-order valence-corrected chi connectivity index (χ3v) is 6.33. The first-order valence-electron chi connectivity index (χ1n) is 11.8. The monoisotopic (exact) mass is 478 g/mol. The molecule has 2 N–H and O–H groups in total. The lowest BCUT2D eigenvalue weighted by Gasteiger charge is -2.35. The molecule has 35 heavy (non-hydrogen) atoms. The number of benzene rings is 3. The Kier molecular flexibility index (Phi) is 10.0. The number of rotatable bonds is 14. The molecule has 0 fully saturated rings. The Bertz CT molecular complexity index is 883. The minimum Gasteiger partial charge on any atom is -0.497 e. The van der Waals surface area contributed by atoms with Crippen molar-refractivity contribution in [3.8, 4) is 17.2 Å². The van der Waals surface area contributed by atoms with E-state index in [1.54, 1.807) is 21.3 Å². The van der Waals surface area contributed by atoms with Crippen molar-refractivity contribution in [3.63, 3.8) is 0 Å². The van der Waals surface area contributed by atoms with Gasteiger partial charge in [0.15, 0.2) is 0 Å². The molecule has 3 rings (SSSR count). The first-order chi connectivity index (χ1) is 16.9. The van der Waals surface area contributed by atoms with E-state index in [4.69, 9.17) is 28.9 Å². The van der Waals surface area contributed by atoms with Gasteiger partial charge in [-0.1, -0.05) is 36.4 Å². The van der Waals surface area contributed by atoms with Crippen LogP contribution < -0.4 is 14.2 Å². The van der Waals surface area contributed by atoms with Gasteiger partial charge in [0, 0.05) is 6.61 Å². The average Bonchev–Trinajstić information content (AvgIpc) is 2.88. The van der Waals surface area contributed by atoms with Gasteiger partial charge in [-0.05, 0) is 90.6 Å². The van der Waals surface area contributed by atoms with Gasteiger partial charge in [-0.25, -0.2) is 0 Å². The quantitative estimate of drug-likeness (QED) is 0.263. The van der Waals surface area contributed by atoms with Gasteiger partial charge in [0.25, 0.3) is 0 Å². The molecule has 0 atom stereocenters. The Morgan fingerprint density at radius 1 is 0.600 bits per heavy atom. The zero-order valence-electron chi connectivity index (χ0n) is 20.8. The third-order valence-electron chi connectivity index (χ3n) is 6.33. The van der Waals surface area contributed by atoms with Crippen molar-refractivity contribution >= 4 is 7.32 Å². The van der Waals surface area contributed by atoms with Crippen LogP contribution in [0.3, 0.4) is 0 Å². The van der Waals surface area contributed by atoms with Crippen LogP contribution in [0.2, 0.25) is 0 Å². The highest BCUT2D eigenvalue weighted by Gasteiger charge is 2.31. The Hall–Kier alpha value is -3.00. The van der Waals surface area contributed by atoms with Crippen LogP contribution in [0.1, 0.15) is 29.5 Å². The van der Waals surface area contributed by atoms with Crippen LogP contribution in [0.25, 0.3) is 0 Å². The van der Waals surface area contributed by atoms with E-state index in [0.29, 0.717) is 6.42 Å². The summed E-state index contributed by atoms with van der Waals surface area (Å²) in [4.78, 5) is 0. The van der Waals surface area contributed by atoms with E-state index >= 15 is 0 Å². The fraction of sp³-hybridized carbons (Fsp3) is 0.357. The normalized spacial score (nSPS) is 11.2. The Morgan fingerprint density at radius 3 is 1.23 bits per heavy atom. The molecule has 0 aliphatic heterocycles. The summed E-state index contributed by atoms with van der Waals surface area (Å²) in [6.45, 7) is 0.271. The van der Waals surface area contributed by atoms with Crippen molar-refractivity contribution in [1.29, 1.82) is 0 Å². The van der Waals surface area contributed by atoms with Crippen LogP contribution in [0.4, 0.5) is 0 Å². The summed E-state index contributed by atoms with van der Waals surface area (Å²) in [7, 11) is 3.25. The summed E-state index contributed by atoms with van der Waals surface area (Å²) in [6, 6.07) is 24.6. The molecule has 0 spiro atoms. The molecule has 0 radical (unpaired) electrons. The molecule has 0 unspecified atom stereocenters. The Balaban J connectivity index is 1.94. The maximum atomic E-state index is 9.13.